The molecule has 0 N–H and O–H groups in total. The van der Waals surface area contributed by atoms with Crippen LogP contribution in [0.4, 0.5) is 0 Å². The average molecular weight is 311 g/mol. The second-order valence-corrected chi connectivity index (χ2v) is 5.05. The second-order valence-electron chi connectivity index (χ2n) is 5.05. The van der Waals surface area contributed by atoms with Crippen LogP contribution in [0, 0.1) is 0 Å². The molecule has 112 valence electrons. The highest BCUT2D eigenvalue weighted by atomic mass is 35.5. The maximum Gasteiger partial charge on any atom is 0.0573 e. The summed E-state index contributed by atoms with van der Waals surface area (Å²) in [7, 11) is 2.06. The monoisotopic (exact) mass is 310 g/mol. The zero-order chi connectivity index (χ0) is 14.5. The van der Waals surface area contributed by atoms with Crippen LogP contribution in [-0.4, -0.2) is 17.3 Å². The SMILES string of the molecule is Cl.Cn1ccc2ccc(C=NC/C=C/c3ccccc3)cc21. The first-order valence-corrected chi connectivity index (χ1v) is 7.09. The van der Waals surface area contributed by atoms with Gasteiger partial charge in [-0.2, -0.15) is 0 Å². The van der Waals surface area contributed by atoms with E-state index < -0.39 is 0 Å². The van der Waals surface area contributed by atoms with Gasteiger partial charge in [-0.3, -0.25) is 4.99 Å². The lowest BCUT2D eigenvalue weighted by Crippen LogP contribution is -1.87. The molecule has 1 aromatic heterocycles. The molecule has 3 heteroatoms. The number of halogens is 1. The molecule has 0 saturated carbocycles. The number of fused-ring (bicyclic) bond motifs is 1. The van der Waals surface area contributed by atoms with E-state index in [4.69, 9.17) is 0 Å². The maximum absolute atomic E-state index is 4.46. The average Bonchev–Trinajstić information content (AvgIpc) is 2.89. The summed E-state index contributed by atoms with van der Waals surface area (Å²) in [5.74, 6) is 0. The number of hydrogen-bond donors (Lipinski definition) is 0. The van der Waals surface area contributed by atoms with E-state index in [2.05, 4.69) is 71.4 Å². The summed E-state index contributed by atoms with van der Waals surface area (Å²) >= 11 is 0. The molecule has 22 heavy (non-hydrogen) atoms. The summed E-state index contributed by atoms with van der Waals surface area (Å²) in [5, 5.41) is 1.26. The normalized spacial score (nSPS) is 11.3. The molecule has 1 heterocycles. The summed E-state index contributed by atoms with van der Waals surface area (Å²) < 4.78 is 2.13. The molecule has 0 spiro atoms. The van der Waals surface area contributed by atoms with E-state index in [0.717, 1.165) is 5.56 Å². The molecule has 0 aliphatic heterocycles. The molecule has 2 nitrogen and oxygen atoms in total. The number of aliphatic imine (C=N–C) groups is 1. The molecular formula is C19H19ClN2. The first kappa shape index (κ1) is 16.1. The molecule has 0 bridgehead atoms. The highest BCUT2D eigenvalue weighted by Gasteiger charge is 1.97. The number of aromatic nitrogens is 1. The van der Waals surface area contributed by atoms with Gasteiger partial charge in [0.05, 0.1) is 6.54 Å². The minimum Gasteiger partial charge on any atom is -0.351 e. The molecule has 3 rings (SSSR count). The van der Waals surface area contributed by atoms with E-state index in [0.29, 0.717) is 6.54 Å². The van der Waals surface area contributed by atoms with E-state index in [1.165, 1.54) is 16.5 Å². The topological polar surface area (TPSA) is 17.3 Å². The standard InChI is InChI=1S/C19H18N2.ClH/c1-21-13-11-18-10-9-17(14-19(18)21)15-20-12-5-8-16-6-3-2-4-7-16;/h2-11,13-15H,12H2,1H3;1H/b8-5+,20-15?;. The van der Waals surface area contributed by atoms with Crippen molar-refractivity contribution >= 4 is 35.6 Å². The number of benzene rings is 2. The van der Waals surface area contributed by atoms with Crippen molar-refractivity contribution < 1.29 is 0 Å². The summed E-state index contributed by atoms with van der Waals surface area (Å²) in [4.78, 5) is 4.46. The molecule has 0 saturated heterocycles. The lowest BCUT2D eigenvalue weighted by Gasteiger charge is -1.98. The van der Waals surface area contributed by atoms with Crippen molar-refractivity contribution in [2.24, 2.45) is 12.0 Å². The van der Waals surface area contributed by atoms with Crippen LogP contribution in [0.15, 0.2) is 71.9 Å². The summed E-state index contributed by atoms with van der Waals surface area (Å²) in [6.07, 6.45) is 8.18. The fourth-order valence-electron chi connectivity index (χ4n) is 2.33. The van der Waals surface area contributed by atoms with Gasteiger partial charge in [-0.1, -0.05) is 54.6 Å². The lowest BCUT2D eigenvalue weighted by atomic mass is 10.2. The van der Waals surface area contributed by atoms with Crippen LogP contribution in [0.5, 0.6) is 0 Å². The minimum absolute atomic E-state index is 0. The van der Waals surface area contributed by atoms with Crippen LogP contribution < -0.4 is 0 Å². The zero-order valence-corrected chi connectivity index (χ0v) is 13.3. The van der Waals surface area contributed by atoms with Gasteiger partial charge < -0.3 is 4.57 Å². The molecule has 0 amide bonds. The Labute approximate surface area is 137 Å². The number of aryl methyl sites for hydroxylation is 1. The van der Waals surface area contributed by atoms with Crippen molar-refractivity contribution in [1.82, 2.24) is 4.57 Å². The largest absolute Gasteiger partial charge is 0.351 e. The predicted octanol–water partition coefficient (Wildman–Crippen LogP) is 4.73. The third-order valence-electron chi connectivity index (χ3n) is 3.47. The molecule has 0 atom stereocenters. The molecule has 0 aliphatic rings. The first-order chi connectivity index (χ1) is 10.3. The van der Waals surface area contributed by atoms with Gasteiger partial charge in [0.15, 0.2) is 0 Å². The fourth-order valence-corrected chi connectivity index (χ4v) is 2.33. The number of nitrogens with zero attached hydrogens (tertiary/aromatic N) is 2. The van der Waals surface area contributed by atoms with Crippen molar-refractivity contribution in [2.45, 2.75) is 0 Å². The Morgan fingerprint density at radius 2 is 1.82 bits per heavy atom. The lowest BCUT2D eigenvalue weighted by molar-refractivity contribution is 0.969. The van der Waals surface area contributed by atoms with Crippen LogP contribution in [0.1, 0.15) is 11.1 Å². The van der Waals surface area contributed by atoms with Gasteiger partial charge in [0, 0.05) is 25.0 Å². The maximum atomic E-state index is 4.46. The highest BCUT2D eigenvalue weighted by molar-refractivity contribution is 5.89. The molecule has 0 unspecified atom stereocenters. The van der Waals surface area contributed by atoms with E-state index >= 15 is 0 Å². The van der Waals surface area contributed by atoms with Crippen LogP contribution >= 0.6 is 12.4 Å². The molecular weight excluding hydrogens is 292 g/mol. The van der Waals surface area contributed by atoms with E-state index in [9.17, 15) is 0 Å². The Morgan fingerprint density at radius 3 is 2.64 bits per heavy atom. The van der Waals surface area contributed by atoms with E-state index in [1.54, 1.807) is 0 Å². The van der Waals surface area contributed by atoms with E-state index in [-0.39, 0.29) is 12.4 Å². The van der Waals surface area contributed by atoms with Crippen molar-refractivity contribution in [1.29, 1.82) is 0 Å². The van der Waals surface area contributed by atoms with Crippen LogP contribution in [0.2, 0.25) is 0 Å². The van der Waals surface area contributed by atoms with Gasteiger partial charge in [0.25, 0.3) is 0 Å². The highest BCUT2D eigenvalue weighted by Crippen LogP contribution is 2.15. The summed E-state index contributed by atoms with van der Waals surface area (Å²) in [6.45, 7) is 0.695. The van der Waals surface area contributed by atoms with Crippen molar-refractivity contribution in [3.63, 3.8) is 0 Å². The van der Waals surface area contributed by atoms with Gasteiger partial charge in [-0.25, -0.2) is 0 Å². The fraction of sp³-hybridized carbons (Fsp3) is 0.105. The van der Waals surface area contributed by atoms with E-state index in [1.807, 2.05) is 24.4 Å². The number of hydrogen-bond acceptors (Lipinski definition) is 1. The van der Waals surface area contributed by atoms with Gasteiger partial charge in [-0.15, -0.1) is 12.4 Å². The Hall–Kier alpha value is -2.32. The van der Waals surface area contributed by atoms with Gasteiger partial charge in [0.2, 0.25) is 0 Å². The van der Waals surface area contributed by atoms with Crippen LogP contribution in [0.3, 0.4) is 0 Å². The minimum atomic E-state index is 0. The zero-order valence-electron chi connectivity index (χ0n) is 12.5. The summed E-state index contributed by atoms with van der Waals surface area (Å²) in [5.41, 5.74) is 3.58. The Morgan fingerprint density at radius 1 is 1.00 bits per heavy atom. The predicted molar refractivity (Wildman–Crippen MR) is 98.1 cm³/mol. The van der Waals surface area contributed by atoms with Crippen LogP contribution in [-0.2, 0) is 7.05 Å². The van der Waals surface area contributed by atoms with Gasteiger partial charge in [0.1, 0.15) is 0 Å². The smallest absolute Gasteiger partial charge is 0.0573 e. The van der Waals surface area contributed by atoms with Gasteiger partial charge >= 0.3 is 0 Å². The van der Waals surface area contributed by atoms with Crippen molar-refractivity contribution in [3.8, 4) is 0 Å². The Bertz CT molecular complexity index is 786. The van der Waals surface area contributed by atoms with Gasteiger partial charge in [-0.05, 0) is 28.6 Å². The Balaban J connectivity index is 0.00000176. The molecule has 0 fully saturated rings. The summed E-state index contributed by atoms with van der Waals surface area (Å²) in [6, 6.07) is 18.8. The molecule has 2 aromatic carbocycles. The quantitative estimate of drug-likeness (QED) is 0.620. The molecule has 0 aliphatic carbocycles. The van der Waals surface area contributed by atoms with Crippen molar-refractivity contribution in [3.05, 3.63) is 78.0 Å². The first-order valence-electron chi connectivity index (χ1n) is 7.09. The molecule has 3 aromatic rings. The molecule has 0 radical (unpaired) electrons. The second kappa shape index (κ2) is 7.62. The third-order valence-corrected chi connectivity index (χ3v) is 3.47. The van der Waals surface area contributed by atoms with Crippen LogP contribution in [0.25, 0.3) is 17.0 Å². The van der Waals surface area contributed by atoms with Crippen molar-refractivity contribution in [2.75, 3.05) is 6.54 Å². The number of rotatable bonds is 4. The third kappa shape index (κ3) is 3.86. The Kier molecular flexibility index (Phi) is 5.56.